The smallest absolute Gasteiger partial charge is 0.307 e. The molecule has 3 aromatic carbocycles. The van der Waals surface area contributed by atoms with E-state index < -0.39 is 23.3 Å². The highest BCUT2D eigenvalue weighted by Crippen LogP contribution is 2.50. The number of amides is 2. The lowest BCUT2D eigenvalue weighted by molar-refractivity contribution is -0.119. The Kier molecular flexibility index (Phi) is 6.26. The van der Waals surface area contributed by atoms with Crippen LogP contribution in [0.25, 0.3) is 0 Å². The van der Waals surface area contributed by atoms with Gasteiger partial charge in [-0.25, -0.2) is 8.78 Å². The summed E-state index contributed by atoms with van der Waals surface area (Å²) in [7, 11) is 0. The number of fused-ring (bicyclic) bond motifs is 1. The number of halogens is 4. The highest BCUT2D eigenvalue weighted by molar-refractivity contribution is 6.35. The second-order valence-corrected chi connectivity index (χ2v) is 9.51. The van der Waals surface area contributed by atoms with Gasteiger partial charge in [-0.1, -0.05) is 23.2 Å². The lowest BCUT2D eigenvalue weighted by Gasteiger charge is -2.29. The van der Waals surface area contributed by atoms with Crippen LogP contribution in [0.3, 0.4) is 0 Å². The van der Waals surface area contributed by atoms with Crippen molar-refractivity contribution in [1.29, 1.82) is 0 Å². The van der Waals surface area contributed by atoms with E-state index in [4.69, 9.17) is 32.7 Å². The van der Waals surface area contributed by atoms with Crippen LogP contribution < -0.4 is 14.8 Å². The zero-order chi connectivity index (χ0) is 25.6. The van der Waals surface area contributed by atoms with Crippen molar-refractivity contribution in [2.24, 2.45) is 0 Å². The van der Waals surface area contributed by atoms with E-state index in [0.29, 0.717) is 29.1 Å². The van der Waals surface area contributed by atoms with Crippen molar-refractivity contribution in [1.82, 2.24) is 10.2 Å². The van der Waals surface area contributed by atoms with Gasteiger partial charge >= 0.3 is 5.79 Å². The first-order valence-electron chi connectivity index (χ1n) is 11.2. The third-order valence-electron chi connectivity index (χ3n) is 6.16. The molecule has 3 aromatic rings. The second kappa shape index (κ2) is 9.26. The van der Waals surface area contributed by atoms with E-state index in [-0.39, 0.29) is 40.6 Å². The number of hydrogen-bond donors (Lipinski definition) is 1. The van der Waals surface area contributed by atoms with Crippen molar-refractivity contribution in [2.75, 3.05) is 13.1 Å². The topological polar surface area (TPSA) is 67.9 Å². The quantitative estimate of drug-likeness (QED) is 0.495. The lowest BCUT2D eigenvalue weighted by atomic mass is 9.97. The van der Waals surface area contributed by atoms with E-state index >= 15 is 4.39 Å². The molecule has 36 heavy (non-hydrogen) atoms. The van der Waals surface area contributed by atoms with E-state index in [1.807, 2.05) is 0 Å². The maximum absolute atomic E-state index is 15.2. The molecule has 1 N–H and O–H groups in total. The fourth-order valence-corrected chi connectivity index (χ4v) is 5.05. The summed E-state index contributed by atoms with van der Waals surface area (Å²) in [6.07, 6.45) is 0.570. The first-order chi connectivity index (χ1) is 17.2. The van der Waals surface area contributed by atoms with Crippen LogP contribution in [-0.4, -0.2) is 35.8 Å². The third kappa shape index (κ3) is 4.35. The van der Waals surface area contributed by atoms with Crippen LogP contribution in [0.4, 0.5) is 8.78 Å². The minimum atomic E-state index is -1.67. The van der Waals surface area contributed by atoms with Crippen molar-refractivity contribution < 1.29 is 27.8 Å². The van der Waals surface area contributed by atoms with Crippen LogP contribution in [0.2, 0.25) is 10.0 Å². The van der Waals surface area contributed by atoms with Gasteiger partial charge in [-0.05, 0) is 55.0 Å². The third-order valence-corrected chi connectivity index (χ3v) is 6.71. The van der Waals surface area contributed by atoms with Gasteiger partial charge in [0.15, 0.2) is 11.5 Å². The Morgan fingerprint density at radius 2 is 1.72 bits per heavy atom. The molecule has 2 aliphatic rings. The van der Waals surface area contributed by atoms with E-state index in [1.165, 1.54) is 48.2 Å². The molecular weight excluding hydrogens is 513 g/mol. The molecular formula is C26H20Cl2F2N2O4. The second-order valence-electron chi connectivity index (χ2n) is 8.67. The molecule has 2 aliphatic heterocycles. The predicted molar refractivity (Wildman–Crippen MR) is 129 cm³/mol. The summed E-state index contributed by atoms with van der Waals surface area (Å²) in [5.41, 5.74) is 0.565. The number of hydrogen-bond acceptors (Lipinski definition) is 4. The molecule has 0 radical (unpaired) electrons. The number of likely N-dealkylation sites (tertiary alicyclic amines) is 1. The Bertz CT molecular complexity index is 1370. The van der Waals surface area contributed by atoms with Crippen molar-refractivity contribution in [3.63, 3.8) is 0 Å². The van der Waals surface area contributed by atoms with E-state index in [9.17, 15) is 14.0 Å². The summed E-state index contributed by atoms with van der Waals surface area (Å²) in [5.74, 6) is -3.48. The molecule has 10 heteroatoms. The first kappa shape index (κ1) is 24.3. The van der Waals surface area contributed by atoms with Crippen LogP contribution in [0.1, 0.15) is 34.8 Å². The van der Waals surface area contributed by atoms with Gasteiger partial charge in [0, 0.05) is 42.7 Å². The van der Waals surface area contributed by atoms with E-state index in [2.05, 4.69) is 5.32 Å². The molecule has 2 amide bonds. The number of nitrogens with one attached hydrogen (secondary N) is 1. The Morgan fingerprint density at radius 1 is 1.03 bits per heavy atom. The SMILES string of the molecule is CC(=O)N[C@@H]1CCN(C(=O)c2cc3c(cc2F)OC(c2ccc(F)cc2)(c2ccc(Cl)cc2Cl)O3)C1. The number of carbonyl (C=O) groups is 2. The molecule has 2 atom stereocenters. The average molecular weight is 533 g/mol. The molecule has 2 heterocycles. The predicted octanol–water partition coefficient (Wildman–Crippen LogP) is 5.29. The normalized spacial score (nSPS) is 20.5. The summed E-state index contributed by atoms with van der Waals surface area (Å²) in [6.45, 7) is 2.05. The lowest BCUT2D eigenvalue weighted by Crippen LogP contribution is -2.37. The molecule has 6 nitrogen and oxygen atoms in total. The highest BCUT2D eigenvalue weighted by atomic mass is 35.5. The van der Waals surface area contributed by atoms with Gasteiger partial charge in [-0.15, -0.1) is 0 Å². The minimum absolute atomic E-state index is 0.0527. The molecule has 0 aromatic heterocycles. The van der Waals surface area contributed by atoms with Crippen LogP contribution in [0.5, 0.6) is 11.5 Å². The van der Waals surface area contributed by atoms with Crippen LogP contribution >= 0.6 is 23.2 Å². The van der Waals surface area contributed by atoms with Crippen LogP contribution in [-0.2, 0) is 10.6 Å². The molecule has 1 saturated heterocycles. The number of nitrogens with zero attached hydrogens (tertiary/aromatic N) is 1. The van der Waals surface area contributed by atoms with Gasteiger partial charge < -0.3 is 19.7 Å². The Balaban J connectivity index is 1.52. The molecule has 1 unspecified atom stereocenters. The zero-order valence-electron chi connectivity index (χ0n) is 19.0. The van der Waals surface area contributed by atoms with Gasteiger partial charge in [-0.2, -0.15) is 0 Å². The molecule has 186 valence electrons. The molecule has 5 rings (SSSR count). The first-order valence-corrected chi connectivity index (χ1v) is 11.9. The minimum Gasteiger partial charge on any atom is -0.440 e. The standard InChI is InChI=1S/C26H20Cl2F2N2O4/c1-14(33)31-18-8-9-32(13-18)25(34)19-11-23-24(12-22(19)30)36-26(35-23,15-2-5-17(29)6-3-15)20-7-4-16(27)10-21(20)28/h2-7,10-12,18H,8-9,13H2,1H3,(H,31,33)/t18-,26?/m1/s1. The monoisotopic (exact) mass is 532 g/mol. The Morgan fingerprint density at radius 3 is 2.39 bits per heavy atom. The maximum Gasteiger partial charge on any atom is 0.307 e. The summed E-state index contributed by atoms with van der Waals surface area (Å²) in [4.78, 5) is 25.9. The van der Waals surface area contributed by atoms with Crippen LogP contribution in [0, 0.1) is 11.6 Å². The maximum atomic E-state index is 15.2. The summed E-state index contributed by atoms with van der Waals surface area (Å²) < 4.78 is 41.2. The average Bonchev–Trinajstić information content (AvgIpc) is 3.43. The zero-order valence-corrected chi connectivity index (χ0v) is 20.5. The van der Waals surface area contributed by atoms with Gasteiger partial charge in [0.05, 0.1) is 16.1 Å². The molecule has 0 spiro atoms. The highest BCUT2D eigenvalue weighted by Gasteiger charge is 2.47. The van der Waals surface area contributed by atoms with Gasteiger partial charge in [0.25, 0.3) is 5.91 Å². The van der Waals surface area contributed by atoms with E-state index in [0.717, 1.165) is 6.07 Å². The number of benzene rings is 3. The fourth-order valence-electron chi connectivity index (χ4n) is 4.52. The van der Waals surface area contributed by atoms with Gasteiger partial charge in [0.2, 0.25) is 5.91 Å². The summed E-state index contributed by atoms with van der Waals surface area (Å²) in [6, 6.07) is 12.3. The number of rotatable bonds is 4. The molecule has 0 bridgehead atoms. The molecule has 0 saturated carbocycles. The summed E-state index contributed by atoms with van der Waals surface area (Å²) in [5, 5.41) is 3.38. The Labute approximate surface area is 215 Å². The number of ether oxygens (including phenoxy) is 2. The van der Waals surface area contributed by atoms with Gasteiger partial charge in [0.1, 0.15) is 11.6 Å². The fraction of sp³-hybridized carbons (Fsp3) is 0.231. The molecule has 1 fully saturated rings. The summed E-state index contributed by atoms with van der Waals surface area (Å²) >= 11 is 12.6. The largest absolute Gasteiger partial charge is 0.440 e. The van der Waals surface area contributed by atoms with Crippen molar-refractivity contribution in [3.05, 3.63) is 93.0 Å². The van der Waals surface area contributed by atoms with Crippen molar-refractivity contribution in [3.8, 4) is 11.5 Å². The van der Waals surface area contributed by atoms with Gasteiger partial charge in [-0.3, -0.25) is 9.59 Å². The van der Waals surface area contributed by atoms with E-state index in [1.54, 1.807) is 12.1 Å². The van der Waals surface area contributed by atoms with Crippen molar-refractivity contribution in [2.45, 2.75) is 25.2 Å². The van der Waals surface area contributed by atoms with Crippen molar-refractivity contribution >= 4 is 35.0 Å². The number of carbonyl (C=O) groups excluding carboxylic acids is 2. The molecule has 0 aliphatic carbocycles. The van der Waals surface area contributed by atoms with Crippen LogP contribution in [0.15, 0.2) is 54.6 Å². The Hall–Kier alpha value is -3.36.